The maximum absolute atomic E-state index is 10.4. The van der Waals surface area contributed by atoms with E-state index in [4.69, 9.17) is 10.2 Å². The molecule has 1 aromatic heterocycles. The number of furan rings is 1. The molecule has 16 heavy (non-hydrogen) atoms. The van der Waals surface area contributed by atoms with Crippen molar-refractivity contribution < 1.29 is 9.34 Å². The average molecular weight is 249 g/mol. The molecule has 0 aliphatic carbocycles. The lowest BCUT2D eigenvalue weighted by atomic mass is 10.0. The fourth-order valence-electron chi connectivity index (χ4n) is 1.29. The molecule has 0 fully saturated rings. The van der Waals surface area contributed by atoms with Crippen molar-refractivity contribution >= 4 is 18.3 Å². The van der Waals surface area contributed by atoms with Crippen molar-refractivity contribution in [3.05, 3.63) is 28.0 Å². The second-order valence-electron chi connectivity index (χ2n) is 4.01. The molecule has 6 heteroatoms. The van der Waals surface area contributed by atoms with E-state index in [1.165, 1.54) is 6.07 Å². The molecule has 0 unspecified atom stereocenters. The molecular formula is C10H17ClN2O3. The van der Waals surface area contributed by atoms with Gasteiger partial charge in [0.25, 0.3) is 0 Å². The van der Waals surface area contributed by atoms with E-state index in [0.29, 0.717) is 11.7 Å². The Morgan fingerprint density at radius 3 is 2.50 bits per heavy atom. The minimum Gasteiger partial charge on any atom is -0.404 e. The second kappa shape index (κ2) is 6.50. The maximum Gasteiger partial charge on any atom is 0.433 e. The Balaban J connectivity index is 0.00000225. The van der Waals surface area contributed by atoms with Gasteiger partial charge < -0.3 is 10.2 Å². The van der Waals surface area contributed by atoms with Crippen molar-refractivity contribution in [2.45, 2.75) is 32.7 Å². The van der Waals surface area contributed by atoms with Crippen LogP contribution in [0.5, 0.6) is 0 Å². The van der Waals surface area contributed by atoms with Crippen LogP contribution in [0.25, 0.3) is 0 Å². The lowest BCUT2D eigenvalue weighted by Crippen LogP contribution is -2.10. The van der Waals surface area contributed by atoms with E-state index in [1.54, 1.807) is 6.07 Å². The largest absolute Gasteiger partial charge is 0.433 e. The quantitative estimate of drug-likeness (QED) is 0.641. The highest BCUT2D eigenvalue weighted by molar-refractivity contribution is 5.85. The Morgan fingerprint density at radius 2 is 2.06 bits per heavy atom. The summed E-state index contributed by atoms with van der Waals surface area (Å²) in [5.41, 5.74) is 5.84. The highest BCUT2D eigenvalue weighted by Crippen LogP contribution is 2.24. The number of hydrogen-bond donors (Lipinski definition) is 1. The topological polar surface area (TPSA) is 82.3 Å². The highest BCUT2D eigenvalue weighted by atomic mass is 35.5. The number of nitrogens with two attached hydrogens (primary N) is 1. The Labute approximate surface area is 101 Å². The summed E-state index contributed by atoms with van der Waals surface area (Å²) in [4.78, 5) is 9.82. The molecule has 0 bridgehead atoms. The van der Waals surface area contributed by atoms with Crippen molar-refractivity contribution in [1.82, 2.24) is 0 Å². The van der Waals surface area contributed by atoms with Crippen LogP contribution >= 0.6 is 12.4 Å². The molecule has 0 aliphatic heterocycles. The first kappa shape index (κ1) is 14.9. The third-order valence-electron chi connectivity index (χ3n) is 2.21. The summed E-state index contributed by atoms with van der Waals surface area (Å²) in [5, 5.41) is 10.4. The molecule has 5 nitrogen and oxygen atoms in total. The molecule has 0 amide bonds. The van der Waals surface area contributed by atoms with Gasteiger partial charge in [0.1, 0.15) is 10.7 Å². The van der Waals surface area contributed by atoms with E-state index < -0.39 is 4.92 Å². The average Bonchev–Trinajstić information content (AvgIpc) is 2.62. The molecular weight excluding hydrogens is 232 g/mol. The lowest BCUT2D eigenvalue weighted by molar-refractivity contribution is -0.402. The van der Waals surface area contributed by atoms with Crippen molar-refractivity contribution in [3.8, 4) is 0 Å². The molecule has 92 valence electrons. The minimum absolute atomic E-state index is 0. The molecule has 0 saturated carbocycles. The van der Waals surface area contributed by atoms with Crippen LogP contribution < -0.4 is 5.73 Å². The van der Waals surface area contributed by atoms with E-state index in [1.807, 2.05) is 0 Å². The third-order valence-corrected chi connectivity index (χ3v) is 2.21. The molecule has 0 aliphatic rings. The zero-order valence-corrected chi connectivity index (χ0v) is 10.2. The predicted molar refractivity (Wildman–Crippen MR) is 63.6 cm³/mol. The van der Waals surface area contributed by atoms with Crippen LogP contribution in [0, 0.1) is 16.0 Å². The highest BCUT2D eigenvalue weighted by Gasteiger charge is 2.16. The number of nitro groups is 1. The summed E-state index contributed by atoms with van der Waals surface area (Å²) in [5.74, 6) is 0.813. The van der Waals surface area contributed by atoms with Gasteiger partial charge in [-0.05, 0) is 24.8 Å². The van der Waals surface area contributed by atoms with Crippen LogP contribution in [0.2, 0.25) is 0 Å². The van der Waals surface area contributed by atoms with E-state index in [2.05, 4.69) is 13.8 Å². The van der Waals surface area contributed by atoms with Gasteiger partial charge in [0.05, 0.1) is 12.1 Å². The molecule has 2 N–H and O–H groups in total. The minimum atomic E-state index is -0.557. The molecule has 1 atom stereocenters. The Morgan fingerprint density at radius 1 is 1.44 bits per heavy atom. The van der Waals surface area contributed by atoms with Crippen molar-refractivity contribution in [1.29, 1.82) is 0 Å². The number of halogens is 1. The molecule has 1 rings (SSSR count). The molecule has 0 radical (unpaired) electrons. The van der Waals surface area contributed by atoms with Gasteiger partial charge in [0.15, 0.2) is 0 Å². The van der Waals surface area contributed by atoms with E-state index in [9.17, 15) is 10.1 Å². The predicted octanol–water partition coefficient (Wildman–Crippen LogP) is 3.05. The number of hydrogen-bond acceptors (Lipinski definition) is 4. The monoisotopic (exact) mass is 248 g/mol. The lowest BCUT2D eigenvalue weighted by Gasteiger charge is -2.09. The van der Waals surface area contributed by atoms with Gasteiger partial charge in [-0.3, -0.25) is 10.1 Å². The molecule has 1 heterocycles. The molecule has 0 aromatic carbocycles. The first-order valence-corrected chi connectivity index (χ1v) is 5.00. The van der Waals surface area contributed by atoms with E-state index in [-0.39, 0.29) is 24.3 Å². The van der Waals surface area contributed by atoms with Crippen LogP contribution in [0.1, 0.15) is 38.5 Å². The van der Waals surface area contributed by atoms with Gasteiger partial charge in [-0.1, -0.05) is 13.8 Å². The Hall–Kier alpha value is -1.07. The van der Waals surface area contributed by atoms with Gasteiger partial charge >= 0.3 is 5.88 Å². The normalized spacial score (nSPS) is 12.2. The number of nitrogens with zero attached hydrogens (tertiary/aromatic N) is 1. The summed E-state index contributed by atoms with van der Waals surface area (Å²) in [6, 6.07) is 2.66. The standard InChI is InChI=1S/C10H16N2O3.ClH/c1-7(2)3-4-8(11)9-5-6-10(15-9)12(13)14;/h5-8H,3-4,11H2,1-2H3;1H/t8-;/m0./s1. The van der Waals surface area contributed by atoms with Crippen molar-refractivity contribution in [2.75, 3.05) is 0 Å². The van der Waals surface area contributed by atoms with Gasteiger partial charge in [-0.2, -0.15) is 0 Å². The van der Waals surface area contributed by atoms with Crippen LogP contribution in [0.15, 0.2) is 16.5 Å². The van der Waals surface area contributed by atoms with Gasteiger partial charge in [-0.15, -0.1) is 12.4 Å². The summed E-state index contributed by atoms with van der Waals surface area (Å²) < 4.78 is 5.02. The molecule has 0 saturated heterocycles. The van der Waals surface area contributed by atoms with Crippen molar-refractivity contribution in [2.24, 2.45) is 11.7 Å². The third kappa shape index (κ3) is 4.20. The zero-order valence-electron chi connectivity index (χ0n) is 9.38. The fourth-order valence-corrected chi connectivity index (χ4v) is 1.29. The van der Waals surface area contributed by atoms with Crippen molar-refractivity contribution in [3.63, 3.8) is 0 Å². The van der Waals surface area contributed by atoms with Crippen LogP contribution in [0.3, 0.4) is 0 Å². The zero-order chi connectivity index (χ0) is 11.4. The van der Waals surface area contributed by atoms with Gasteiger partial charge in [-0.25, -0.2) is 0 Å². The fraction of sp³-hybridized carbons (Fsp3) is 0.600. The molecule has 1 aromatic rings. The first-order chi connectivity index (χ1) is 7.00. The Kier molecular flexibility index (Phi) is 6.06. The van der Waals surface area contributed by atoms with E-state index >= 15 is 0 Å². The van der Waals surface area contributed by atoms with Crippen LogP contribution in [0.4, 0.5) is 5.88 Å². The van der Waals surface area contributed by atoms with Gasteiger partial charge in [0.2, 0.25) is 0 Å². The summed E-state index contributed by atoms with van der Waals surface area (Å²) in [6.07, 6.45) is 1.76. The van der Waals surface area contributed by atoms with Crippen LogP contribution in [-0.2, 0) is 0 Å². The number of rotatable bonds is 5. The first-order valence-electron chi connectivity index (χ1n) is 5.00. The SMILES string of the molecule is CC(C)CC[C@H](N)c1ccc([N+](=O)[O-])o1.Cl. The molecule has 0 spiro atoms. The summed E-state index contributed by atoms with van der Waals surface area (Å²) in [7, 11) is 0. The Bertz CT molecular complexity index is 339. The van der Waals surface area contributed by atoms with Gasteiger partial charge in [0, 0.05) is 0 Å². The smallest absolute Gasteiger partial charge is 0.404 e. The van der Waals surface area contributed by atoms with E-state index in [0.717, 1.165) is 12.8 Å². The van der Waals surface area contributed by atoms with Crippen LogP contribution in [-0.4, -0.2) is 4.92 Å². The maximum atomic E-state index is 10.4. The summed E-state index contributed by atoms with van der Waals surface area (Å²) in [6.45, 7) is 4.22. The summed E-state index contributed by atoms with van der Waals surface area (Å²) >= 11 is 0. The second-order valence-corrected chi connectivity index (χ2v) is 4.01.